The largest absolute Gasteiger partial charge is 0.453 e. The minimum Gasteiger partial charge on any atom is -0.453 e. The summed E-state index contributed by atoms with van der Waals surface area (Å²) in [6.07, 6.45) is 1.94. The average molecular weight is 400 g/mol. The number of nitrogens with one attached hydrogen (secondary N) is 2. The number of rotatable bonds is 5. The maximum absolute atomic E-state index is 11.6. The summed E-state index contributed by atoms with van der Waals surface area (Å²) in [5.74, 6) is 0.484. The van der Waals surface area contributed by atoms with Crippen LogP contribution in [0.4, 0.5) is 16.5 Å². The Hall–Kier alpha value is -3.14. The molecule has 1 aromatic carbocycles. The number of piperazine rings is 1. The number of benzene rings is 1. The van der Waals surface area contributed by atoms with E-state index in [4.69, 9.17) is 19.4 Å². The van der Waals surface area contributed by atoms with Gasteiger partial charge in [0, 0.05) is 55.8 Å². The van der Waals surface area contributed by atoms with E-state index in [0.29, 0.717) is 44.6 Å². The van der Waals surface area contributed by atoms with Gasteiger partial charge in [0.25, 0.3) is 0 Å². The highest BCUT2D eigenvalue weighted by Crippen LogP contribution is 2.26. The van der Waals surface area contributed by atoms with Crippen LogP contribution in [-0.4, -0.2) is 79.9 Å². The number of amides is 1. The summed E-state index contributed by atoms with van der Waals surface area (Å²) in [6, 6.07) is 6.34. The van der Waals surface area contributed by atoms with Crippen LogP contribution in [0.25, 0.3) is 11.4 Å². The van der Waals surface area contributed by atoms with Crippen molar-refractivity contribution in [2.75, 3.05) is 56.7 Å². The Morgan fingerprint density at radius 1 is 1.34 bits per heavy atom. The number of aromatic nitrogens is 2. The SMILES string of the molecule is COC(=O)N1CCN(c2nc(-c3ccc(C=N)c(NC4CCOC4)c3)no2)CC1. The smallest absolute Gasteiger partial charge is 0.409 e. The van der Waals surface area contributed by atoms with Gasteiger partial charge in [-0.2, -0.15) is 4.98 Å². The van der Waals surface area contributed by atoms with Crippen molar-refractivity contribution in [3.8, 4) is 11.4 Å². The van der Waals surface area contributed by atoms with Crippen LogP contribution in [0.1, 0.15) is 12.0 Å². The van der Waals surface area contributed by atoms with Gasteiger partial charge in [0.2, 0.25) is 5.82 Å². The van der Waals surface area contributed by atoms with Gasteiger partial charge in [0.05, 0.1) is 19.8 Å². The fourth-order valence-corrected chi connectivity index (χ4v) is 3.49. The van der Waals surface area contributed by atoms with Crippen LogP contribution < -0.4 is 10.2 Å². The molecule has 2 aromatic rings. The number of nitrogens with zero attached hydrogens (tertiary/aromatic N) is 4. The molecule has 10 heteroatoms. The van der Waals surface area contributed by atoms with Gasteiger partial charge in [0.15, 0.2) is 0 Å². The molecule has 2 aliphatic rings. The molecule has 1 unspecified atom stereocenters. The van der Waals surface area contributed by atoms with Gasteiger partial charge in [-0.3, -0.25) is 0 Å². The second-order valence-corrected chi connectivity index (χ2v) is 7.00. The Morgan fingerprint density at radius 2 is 2.17 bits per heavy atom. The molecule has 0 bridgehead atoms. The first kappa shape index (κ1) is 19.2. The lowest BCUT2D eigenvalue weighted by Crippen LogP contribution is -2.48. The molecule has 2 fully saturated rings. The molecule has 1 aromatic heterocycles. The summed E-state index contributed by atoms with van der Waals surface area (Å²) in [4.78, 5) is 19.7. The van der Waals surface area contributed by atoms with E-state index in [1.807, 2.05) is 23.1 Å². The van der Waals surface area contributed by atoms with Crippen molar-refractivity contribution in [1.82, 2.24) is 15.0 Å². The van der Waals surface area contributed by atoms with E-state index in [-0.39, 0.29) is 12.1 Å². The molecular formula is C19H24N6O4. The molecule has 0 aliphatic carbocycles. The molecule has 2 N–H and O–H groups in total. The van der Waals surface area contributed by atoms with Crippen LogP contribution in [0.15, 0.2) is 22.7 Å². The van der Waals surface area contributed by atoms with Crippen LogP contribution in [0.2, 0.25) is 0 Å². The fourth-order valence-electron chi connectivity index (χ4n) is 3.49. The molecule has 2 saturated heterocycles. The lowest BCUT2D eigenvalue weighted by Gasteiger charge is -2.32. The zero-order valence-corrected chi connectivity index (χ0v) is 16.3. The van der Waals surface area contributed by atoms with Gasteiger partial charge in [-0.1, -0.05) is 17.3 Å². The maximum Gasteiger partial charge on any atom is 0.409 e. The Morgan fingerprint density at radius 3 is 2.86 bits per heavy atom. The Kier molecular flexibility index (Phi) is 5.61. The number of anilines is 2. The third kappa shape index (κ3) is 4.16. The van der Waals surface area contributed by atoms with Crippen LogP contribution in [0, 0.1) is 5.41 Å². The highest BCUT2D eigenvalue weighted by atomic mass is 16.5. The quantitative estimate of drug-likeness (QED) is 0.730. The van der Waals surface area contributed by atoms with E-state index in [0.717, 1.165) is 29.8 Å². The van der Waals surface area contributed by atoms with Gasteiger partial charge in [0.1, 0.15) is 0 Å². The first-order valence-corrected chi connectivity index (χ1v) is 9.58. The Labute approximate surface area is 168 Å². The van der Waals surface area contributed by atoms with Gasteiger partial charge in [-0.15, -0.1) is 0 Å². The molecule has 154 valence electrons. The molecular weight excluding hydrogens is 376 g/mol. The number of carbonyl (C=O) groups is 1. The van der Waals surface area contributed by atoms with Crippen molar-refractivity contribution in [3.05, 3.63) is 23.8 Å². The molecule has 4 rings (SSSR count). The van der Waals surface area contributed by atoms with Crippen LogP contribution in [0.3, 0.4) is 0 Å². The van der Waals surface area contributed by atoms with E-state index < -0.39 is 0 Å². The van der Waals surface area contributed by atoms with Crippen LogP contribution >= 0.6 is 0 Å². The van der Waals surface area contributed by atoms with E-state index in [2.05, 4.69) is 15.5 Å². The van der Waals surface area contributed by atoms with Crippen molar-refractivity contribution in [3.63, 3.8) is 0 Å². The minimum absolute atomic E-state index is 0.232. The summed E-state index contributed by atoms with van der Waals surface area (Å²) >= 11 is 0. The first-order chi connectivity index (χ1) is 14.2. The van der Waals surface area contributed by atoms with Gasteiger partial charge < -0.3 is 34.5 Å². The van der Waals surface area contributed by atoms with Crippen molar-refractivity contribution in [2.24, 2.45) is 0 Å². The number of ether oxygens (including phenoxy) is 2. The van der Waals surface area contributed by atoms with E-state index in [1.54, 1.807) is 4.90 Å². The highest BCUT2D eigenvalue weighted by molar-refractivity contribution is 5.87. The van der Waals surface area contributed by atoms with E-state index >= 15 is 0 Å². The zero-order chi connectivity index (χ0) is 20.2. The summed E-state index contributed by atoms with van der Waals surface area (Å²) in [5.41, 5.74) is 2.45. The number of hydrogen-bond donors (Lipinski definition) is 2. The summed E-state index contributed by atoms with van der Waals surface area (Å²) in [5, 5.41) is 15.2. The Balaban J connectivity index is 1.47. The second kappa shape index (κ2) is 8.48. The van der Waals surface area contributed by atoms with Crippen LogP contribution in [0.5, 0.6) is 0 Å². The molecule has 3 heterocycles. The monoisotopic (exact) mass is 400 g/mol. The Bertz CT molecular complexity index is 871. The predicted molar refractivity (Wildman–Crippen MR) is 107 cm³/mol. The molecule has 1 amide bonds. The lowest BCUT2D eigenvalue weighted by atomic mass is 10.1. The molecule has 0 radical (unpaired) electrons. The molecule has 10 nitrogen and oxygen atoms in total. The number of methoxy groups -OCH3 is 1. The van der Waals surface area contributed by atoms with E-state index in [9.17, 15) is 4.79 Å². The maximum atomic E-state index is 11.6. The van der Waals surface area contributed by atoms with Crippen molar-refractivity contribution in [1.29, 1.82) is 5.41 Å². The summed E-state index contributed by atoms with van der Waals surface area (Å²) in [6.45, 7) is 3.67. The first-order valence-electron chi connectivity index (χ1n) is 9.58. The average Bonchev–Trinajstić information content (AvgIpc) is 3.45. The number of hydrogen-bond acceptors (Lipinski definition) is 9. The molecule has 1 atom stereocenters. The molecule has 0 saturated carbocycles. The normalized spacial score (nSPS) is 19.3. The van der Waals surface area contributed by atoms with Crippen molar-refractivity contribution in [2.45, 2.75) is 12.5 Å². The highest BCUT2D eigenvalue weighted by Gasteiger charge is 2.25. The third-order valence-electron chi connectivity index (χ3n) is 5.15. The van der Waals surface area contributed by atoms with Crippen molar-refractivity contribution < 1.29 is 18.8 Å². The summed E-state index contributed by atoms with van der Waals surface area (Å²) < 4.78 is 15.6. The molecule has 2 aliphatic heterocycles. The third-order valence-corrected chi connectivity index (χ3v) is 5.15. The zero-order valence-electron chi connectivity index (χ0n) is 16.3. The second-order valence-electron chi connectivity index (χ2n) is 7.00. The number of carbonyl (C=O) groups excluding carboxylic acids is 1. The fraction of sp³-hybridized carbons (Fsp3) is 0.474. The van der Waals surface area contributed by atoms with Crippen LogP contribution in [-0.2, 0) is 9.47 Å². The molecule has 0 spiro atoms. The van der Waals surface area contributed by atoms with E-state index in [1.165, 1.54) is 13.3 Å². The minimum atomic E-state index is -0.324. The van der Waals surface area contributed by atoms with Gasteiger partial charge in [-0.05, 0) is 12.5 Å². The van der Waals surface area contributed by atoms with Gasteiger partial charge >= 0.3 is 12.1 Å². The predicted octanol–water partition coefficient (Wildman–Crippen LogP) is 1.82. The van der Waals surface area contributed by atoms with Gasteiger partial charge in [-0.25, -0.2) is 4.79 Å². The standard InChI is InChI=1S/C19H24N6O4/c1-27-19(26)25-7-5-24(6-8-25)18-22-17(23-29-18)13-2-3-14(11-20)16(10-13)21-15-4-9-28-12-15/h2-3,10-11,15,20-21H,4-9,12H2,1H3. The lowest BCUT2D eigenvalue weighted by molar-refractivity contribution is 0.120. The molecule has 29 heavy (non-hydrogen) atoms. The van der Waals surface area contributed by atoms with Crippen molar-refractivity contribution >= 4 is 24.0 Å². The topological polar surface area (TPSA) is 117 Å². The summed E-state index contributed by atoms with van der Waals surface area (Å²) in [7, 11) is 1.38.